The Kier molecular flexibility index (Phi) is 3.60. The van der Waals surface area contributed by atoms with Crippen LogP contribution in [0.15, 0.2) is 42.5 Å². The fourth-order valence-electron chi connectivity index (χ4n) is 4.01. The van der Waals surface area contributed by atoms with E-state index in [-0.39, 0.29) is 0 Å². The number of nitrogens with one attached hydrogen (secondary N) is 1. The van der Waals surface area contributed by atoms with Gasteiger partial charge in [0.15, 0.2) is 0 Å². The largest absolute Gasteiger partial charge is 0.496 e. The van der Waals surface area contributed by atoms with E-state index >= 15 is 0 Å². The van der Waals surface area contributed by atoms with Gasteiger partial charge >= 0.3 is 0 Å². The average molecular weight is 305 g/mol. The molecule has 0 radical (unpaired) electrons. The van der Waals surface area contributed by atoms with Gasteiger partial charge in [-0.3, -0.25) is 0 Å². The number of rotatable bonds is 3. The molecule has 2 nitrogen and oxygen atoms in total. The van der Waals surface area contributed by atoms with Gasteiger partial charge in [-0.05, 0) is 61.9 Å². The molecule has 0 fully saturated rings. The third-order valence-corrected chi connectivity index (χ3v) is 5.14. The predicted octanol–water partition coefficient (Wildman–Crippen LogP) is 5.15. The van der Waals surface area contributed by atoms with Gasteiger partial charge in [0.1, 0.15) is 5.75 Å². The molecule has 1 aliphatic rings. The normalized spacial score (nSPS) is 17.2. The highest BCUT2D eigenvalue weighted by Gasteiger charge is 2.25. The quantitative estimate of drug-likeness (QED) is 0.711. The molecular weight excluding hydrogens is 282 g/mol. The van der Waals surface area contributed by atoms with Crippen molar-refractivity contribution in [3.63, 3.8) is 0 Å². The van der Waals surface area contributed by atoms with Crippen LogP contribution in [-0.4, -0.2) is 12.1 Å². The van der Waals surface area contributed by atoms with Gasteiger partial charge in [-0.1, -0.05) is 29.8 Å². The van der Waals surface area contributed by atoms with E-state index in [0.717, 1.165) is 12.2 Å². The number of benzene rings is 2. The summed E-state index contributed by atoms with van der Waals surface area (Å²) in [6, 6.07) is 15.2. The van der Waals surface area contributed by atoms with Crippen molar-refractivity contribution in [2.24, 2.45) is 0 Å². The lowest BCUT2D eigenvalue weighted by Gasteiger charge is -2.23. The molecule has 2 heteroatoms. The summed E-state index contributed by atoms with van der Waals surface area (Å²) in [5.41, 5.74) is 6.92. The summed E-state index contributed by atoms with van der Waals surface area (Å²) >= 11 is 0. The molecule has 1 heterocycles. The van der Waals surface area contributed by atoms with Crippen LogP contribution in [0.3, 0.4) is 0 Å². The first-order chi connectivity index (χ1) is 11.3. The van der Waals surface area contributed by atoms with Gasteiger partial charge in [-0.15, -0.1) is 0 Å². The molecule has 118 valence electrons. The first-order valence-electron chi connectivity index (χ1n) is 8.49. The third-order valence-electron chi connectivity index (χ3n) is 5.14. The maximum atomic E-state index is 5.54. The maximum Gasteiger partial charge on any atom is 0.122 e. The molecule has 1 aliphatic carbocycles. The molecule has 0 spiro atoms. The van der Waals surface area contributed by atoms with Gasteiger partial charge < -0.3 is 9.72 Å². The zero-order valence-electron chi connectivity index (χ0n) is 13.9. The number of para-hydroxylation sites is 1. The summed E-state index contributed by atoms with van der Waals surface area (Å²) < 4.78 is 5.54. The molecule has 0 bridgehead atoms. The third kappa shape index (κ3) is 2.52. The van der Waals surface area contributed by atoms with Gasteiger partial charge in [-0.2, -0.15) is 0 Å². The monoisotopic (exact) mass is 305 g/mol. The van der Waals surface area contributed by atoms with Crippen LogP contribution in [-0.2, 0) is 12.8 Å². The van der Waals surface area contributed by atoms with E-state index in [9.17, 15) is 0 Å². The second-order valence-corrected chi connectivity index (χ2v) is 6.67. The molecular formula is C21H23NO. The maximum absolute atomic E-state index is 5.54. The van der Waals surface area contributed by atoms with E-state index in [4.69, 9.17) is 4.74 Å². The minimum atomic E-state index is 0.558. The van der Waals surface area contributed by atoms with Crippen LogP contribution in [0, 0.1) is 6.92 Å². The molecule has 1 unspecified atom stereocenters. The lowest BCUT2D eigenvalue weighted by molar-refractivity contribution is 0.406. The number of hydrogen-bond donors (Lipinski definition) is 1. The molecule has 0 amide bonds. The molecule has 1 N–H and O–H groups in total. The van der Waals surface area contributed by atoms with Crippen LogP contribution in [0.1, 0.15) is 41.1 Å². The molecule has 1 atom stereocenters. The van der Waals surface area contributed by atoms with E-state index in [1.807, 2.05) is 6.07 Å². The van der Waals surface area contributed by atoms with E-state index in [1.54, 1.807) is 7.11 Å². The minimum Gasteiger partial charge on any atom is -0.496 e. The summed E-state index contributed by atoms with van der Waals surface area (Å²) in [4.78, 5) is 3.71. The molecule has 23 heavy (non-hydrogen) atoms. The fourth-order valence-corrected chi connectivity index (χ4v) is 4.01. The van der Waals surface area contributed by atoms with Crippen molar-refractivity contribution >= 4 is 10.9 Å². The fraction of sp³-hybridized carbons (Fsp3) is 0.333. The number of aromatic nitrogens is 1. The van der Waals surface area contributed by atoms with Gasteiger partial charge in [0, 0.05) is 22.5 Å². The van der Waals surface area contributed by atoms with Crippen LogP contribution < -0.4 is 4.74 Å². The smallest absolute Gasteiger partial charge is 0.122 e. The van der Waals surface area contributed by atoms with Crippen LogP contribution >= 0.6 is 0 Å². The Balaban J connectivity index is 1.74. The number of hydrogen-bond acceptors (Lipinski definition) is 1. The van der Waals surface area contributed by atoms with Crippen molar-refractivity contribution in [1.82, 2.24) is 4.98 Å². The number of aryl methyl sites for hydroxylation is 2. The van der Waals surface area contributed by atoms with Crippen molar-refractivity contribution in [3.8, 4) is 5.75 Å². The molecule has 3 aromatic rings. The van der Waals surface area contributed by atoms with Gasteiger partial charge in [0.2, 0.25) is 0 Å². The second-order valence-electron chi connectivity index (χ2n) is 6.67. The Bertz CT molecular complexity index is 846. The van der Waals surface area contributed by atoms with Crippen molar-refractivity contribution in [2.45, 2.75) is 38.5 Å². The standard InChI is InChI=1S/C21H23NO/c1-14-10-11-19-18(12-14)17-8-5-7-16(21(17)22-19)13-15-6-3-4-9-20(15)23-2/h3-4,6,9-12,16,22H,5,7-8,13H2,1-2H3. The van der Waals surface area contributed by atoms with E-state index < -0.39 is 0 Å². The Morgan fingerprint density at radius 1 is 1.17 bits per heavy atom. The molecule has 0 aliphatic heterocycles. The van der Waals surface area contributed by atoms with Crippen molar-refractivity contribution < 1.29 is 4.74 Å². The van der Waals surface area contributed by atoms with Crippen LogP contribution in [0.4, 0.5) is 0 Å². The second kappa shape index (κ2) is 5.77. The van der Waals surface area contributed by atoms with Crippen LogP contribution in [0.25, 0.3) is 10.9 Å². The van der Waals surface area contributed by atoms with Crippen LogP contribution in [0.5, 0.6) is 5.75 Å². The Morgan fingerprint density at radius 3 is 2.91 bits per heavy atom. The highest BCUT2D eigenvalue weighted by atomic mass is 16.5. The van der Waals surface area contributed by atoms with Gasteiger partial charge in [0.25, 0.3) is 0 Å². The first-order valence-corrected chi connectivity index (χ1v) is 8.49. The lowest BCUT2D eigenvalue weighted by Crippen LogP contribution is -2.12. The Hall–Kier alpha value is -2.22. The molecule has 0 saturated heterocycles. The Labute approximate surface area is 137 Å². The molecule has 2 aromatic carbocycles. The number of methoxy groups -OCH3 is 1. The summed E-state index contributed by atoms with van der Waals surface area (Å²) in [6.45, 7) is 2.17. The number of aromatic amines is 1. The summed E-state index contributed by atoms with van der Waals surface area (Å²) in [5, 5.41) is 1.42. The summed E-state index contributed by atoms with van der Waals surface area (Å²) in [7, 11) is 1.76. The lowest BCUT2D eigenvalue weighted by atomic mass is 9.83. The zero-order chi connectivity index (χ0) is 15.8. The highest BCUT2D eigenvalue weighted by molar-refractivity contribution is 5.85. The predicted molar refractivity (Wildman–Crippen MR) is 95.4 cm³/mol. The van der Waals surface area contributed by atoms with Crippen molar-refractivity contribution in [1.29, 1.82) is 0 Å². The van der Waals surface area contributed by atoms with E-state index in [2.05, 4.69) is 48.3 Å². The highest BCUT2D eigenvalue weighted by Crippen LogP contribution is 2.39. The molecule has 0 saturated carbocycles. The average Bonchev–Trinajstić information content (AvgIpc) is 2.94. The molecule has 4 rings (SSSR count). The van der Waals surface area contributed by atoms with E-state index in [0.29, 0.717) is 5.92 Å². The Morgan fingerprint density at radius 2 is 2.04 bits per heavy atom. The van der Waals surface area contributed by atoms with Gasteiger partial charge in [0.05, 0.1) is 7.11 Å². The number of fused-ring (bicyclic) bond motifs is 3. The molecule has 1 aromatic heterocycles. The van der Waals surface area contributed by atoms with Gasteiger partial charge in [-0.25, -0.2) is 0 Å². The minimum absolute atomic E-state index is 0.558. The summed E-state index contributed by atoms with van der Waals surface area (Å²) in [6.07, 6.45) is 4.76. The topological polar surface area (TPSA) is 25.0 Å². The van der Waals surface area contributed by atoms with Crippen LogP contribution in [0.2, 0.25) is 0 Å². The van der Waals surface area contributed by atoms with E-state index in [1.165, 1.54) is 52.5 Å². The zero-order valence-corrected chi connectivity index (χ0v) is 13.9. The number of H-pyrrole nitrogens is 1. The number of ether oxygens (including phenoxy) is 1. The first kappa shape index (κ1) is 14.4. The van der Waals surface area contributed by atoms with Crippen molar-refractivity contribution in [2.75, 3.05) is 7.11 Å². The SMILES string of the molecule is COc1ccccc1CC1CCCc2c1[nH]c1ccc(C)cc21. The van der Waals surface area contributed by atoms with Crippen molar-refractivity contribution in [3.05, 3.63) is 64.8 Å². The summed E-state index contributed by atoms with van der Waals surface area (Å²) in [5.74, 6) is 1.56.